The molecule has 6 heteroatoms. The highest BCUT2D eigenvalue weighted by atomic mass is 16.2. The molecule has 1 aliphatic heterocycles. The summed E-state index contributed by atoms with van der Waals surface area (Å²) in [6.07, 6.45) is 2.19. The van der Waals surface area contributed by atoms with Crippen molar-refractivity contribution >= 4 is 23.2 Å². The second-order valence-corrected chi connectivity index (χ2v) is 6.69. The maximum atomic E-state index is 12.4. The summed E-state index contributed by atoms with van der Waals surface area (Å²) in [4.78, 5) is 24.2. The molecule has 0 fully saturated rings. The predicted molar refractivity (Wildman–Crippen MR) is 95.6 cm³/mol. The van der Waals surface area contributed by atoms with Crippen LogP contribution >= 0.6 is 0 Å². The van der Waals surface area contributed by atoms with Gasteiger partial charge < -0.3 is 11.1 Å². The number of anilines is 1. The van der Waals surface area contributed by atoms with E-state index in [0.717, 1.165) is 18.5 Å². The van der Waals surface area contributed by atoms with E-state index in [2.05, 4.69) is 24.3 Å². The van der Waals surface area contributed by atoms with Crippen molar-refractivity contribution in [2.24, 2.45) is 16.8 Å². The van der Waals surface area contributed by atoms with Crippen molar-refractivity contribution in [2.75, 3.05) is 5.01 Å². The lowest BCUT2D eigenvalue weighted by atomic mass is 10.0. The van der Waals surface area contributed by atoms with Gasteiger partial charge in [-0.05, 0) is 37.8 Å². The average Bonchev–Trinajstić information content (AvgIpc) is 2.99. The molecular formula is C18H26N4O2. The number of nitrogens with two attached hydrogens (primary N) is 1. The Morgan fingerprint density at radius 1 is 1.25 bits per heavy atom. The Balaban J connectivity index is 2.07. The van der Waals surface area contributed by atoms with Crippen LogP contribution in [0, 0.1) is 5.92 Å². The maximum Gasteiger partial charge on any atom is 0.267 e. The second kappa shape index (κ2) is 7.95. The normalized spacial score (nSPS) is 18.4. The van der Waals surface area contributed by atoms with Crippen LogP contribution in [-0.4, -0.2) is 29.6 Å². The molecular weight excluding hydrogens is 304 g/mol. The highest BCUT2D eigenvalue weighted by Crippen LogP contribution is 2.24. The summed E-state index contributed by atoms with van der Waals surface area (Å²) in [7, 11) is 0. The fourth-order valence-corrected chi connectivity index (χ4v) is 2.65. The fourth-order valence-electron chi connectivity index (χ4n) is 2.65. The third kappa shape index (κ3) is 4.57. The Labute approximate surface area is 143 Å². The standard InChI is InChI=1S/C18H26N4O2/c1-12(2)9-10-13(3)20-18(24)15-11-16(17(19)23)22(21-15)14-7-5-4-6-8-14/h4-8,12-13,16H,9-11H2,1-3H3,(H2,19,23)(H,20,24)/t13-,16+/m0/s1. The molecule has 1 aromatic rings. The van der Waals surface area contributed by atoms with Gasteiger partial charge in [0, 0.05) is 12.5 Å². The second-order valence-electron chi connectivity index (χ2n) is 6.69. The van der Waals surface area contributed by atoms with E-state index in [1.54, 1.807) is 0 Å². The largest absolute Gasteiger partial charge is 0.368 e. The van der Waals surface area contributed by atoms with Crippen molar-refractivity contribution in [3.8, 4) is 0 Å². The molecule has 0 aromatic heterocycles. The van der Waals surface area contributed by atoms with Crippen LogP contribution in [0.25, 0.3) is 0 Å². The van der Waals surface area contributed by atoms with E-state index in [1.807, 2.05) is 37.3 Å². The number of benzene rings is 1. The van der Waals surface area contributed by atoms with Crippen LogP contribution in [0.5, 0.6) is 0 Å². The van der Waals surface area contributed by atoms with Crippen LogP contribution in [0.1, 0.15) is 40.0 Å². The van der Waals surface area contributed by atoms with Gasteiger partial charge in [-0.25, -0.2) is 0 Å². The maximum absolute atomic E-state index is 12.4. The van der Waals surface area contributed by atoms with Crippen LogP contribution < -0.4 is 16.1 Å². The SMILES string of the molecule is CC(C)CC[C@H](C)NC(=O)C1=NN(c2ccccc2)[C@@H](C(N)=O)C1. The van der Waals surface area contributed by atoms with Gasteiger partial charge in [0.1, 0.15) is 11.8 Å². The summed E-state index contributed by atoms with van der Waals surface area (Å²) in [6, 6.07) is 8.72. The number of hydrazone groups is 1. The van der Waals surface area contributed by atoms with Crippen LogP contribution in [0.15, 0.2) is 35.4 Å². The molecule has 0 spiro atoms. The van der Waals surface area contributed by atoms with Gasteiger partial charge in [0.25, 0.3) is 5.91 Å². The quantitative estimate of drug-likeness (QED) is 0.802. The summed E-state index contributed by atoms with van der Waals surface area (Å²) in [5.41, 5.74) is 6.58. The zero-order valence-corrected chi connectivity index (χ0v) is 14.5. The Morgan fingerprint density at radius 3 is 2.50 bits per heavy atom. The first-order valence-corrected chi connectivity index (χ1v) is 8.40. The molecule has 1 aliphatic rings. The highest BCUT2D eigenvalue weighted by molar-refractivity contribution is 6.40. The van der Waals surface area contributed by atoms with Gasteiger partial charge in [-0.2, -0.15) is 5.10 Å². The summed E-state index contributed by atoms with van der Waals surface area (Å²) >= 11 is 0. The zero-order chi connectivity index (χ0) is 17.7. The summed E-state index contributed by atoms with van der Waals surface area (Å²) in [5, 5.41) is 8.84. The molecule has 2 atom stereocenters. The smallest absolute Gasteiger partial charge is 0.267 e. The van der Waals surface area contributed by atoms with Gasteiger partial charge >= 0.3 is 0 Å². The van der Waals surface area contributed by atoms with Gasteiger partial charge in [0.05, 0.1) is 5.69 Å². The minimum absolute atomic E-state index is 0.0698. The number of para-hydroxylation sites is 1. The molecule has 0 radical (unpaired) electrons. The number of hydrogen-bond acceptors (Lipinski definition) is 4. The van der Waals surface area contributed by atoms with Crippen molar-refractivity contribution in [3.05, 3.63) is 30.3 Å². The molecule has 130 valence electrons. The zero-order valence-electron chi connectivity index (χ0n) is 14.5. The molecule has 0 unspecified atom stereocenters. The number of amides is 2. The number of hydrogen-bond donors (Lipinski definition) is 2. The summed E-state index contributed by atoms with van der Waals surface area (Å²) in [5.74, 6) is -0.116. The van der Waals surface area contributed by atoms with Gasteiger partial charge in [0.15, 0.2) is 0 Å². The molecule has 1 heterocycles. The fraction of sp³-hybridized carbons (Fsp3) is 0.500. The number of carbonyl (C=O) groups is 2. The van der Waals surface area contributed by atoms with Crippen LogP contribution in [0.2, 0.25) is 0 Å². The van der Waals surface area contributed by atoms with Crippen LogP contribution in [0.3, 0.4) is 0 Å². The lowest BCUT2D eigenvalue weighted by Gasteiger charge is -2.20. The van der Waals surface area contributed by atoms with Crippen molar-refractivity contribution in [3.63, 3.8) is 0 Å². The summed E-state index contributed by atoms with van der Waals surface area (Å²) < 4.78 is 0. The topological polar surface area (TPSA) is 87.8 Å². The van der Waals surface area contributed by atoms with E-state index >= 15 is 0 Å². The van der Waals surface area contributed by atoms with E-state index in [1.165, 1.54) is 5.01 Å². The highest BCUT2D eigenvalue weighted by Gasteiger charge is 2.35. The van der Waals surface area contributed by atoms with E-state index in [-0.39, 0.29) is 18.4 Å². The molecule has 1 aromatic carbocycles. The lowest BCUT2D eigenvalue weighted by molar-refractivity contribution is -0.119. The molecule has 2 amide bonds. The van der Waals surface area contributed by atoms with E-state index in [0.29, 0.717) is 11.6 Å². The number of carbonyl (C=O) groups excluding carboxylic acids is 2. The first-order chi connectivity index (χ1) is 11.4. The van der Waals surface area contributed by atoms with Gasteiger partial charge in [-0.1, -0.05) is 32.0 Å². The third-order valence-electron chi connectivity index (χ3n) is 4.08. The summed E-state index contributed by atoms with van der Waals surface area (Å²) in [6.45, 7) is 6.30. The Hall–Kier alpha value is -2.37. The first-order valence-electron chi connectivity index (χ1n) is 8.40. The Morgan fingerprint density at radius 2 is 1.92 bits per heavy atom. The molecule has 0 aliphatic carbocycles. The van der Waals surface area contributed by atoms with Crippen LogP contribution in [0.4, 0.5) is 5.69 Å². The molecule has 2 rings (SSSR count). The van der Waals surface area contributed by atoms with Crippen molar-refractivity contribution in [1.29, 1.82) is 0 Å². The average molecular weight is 330 g/mol. The number of nitrogens with one attached hydrogen (secondary N) is 1. The van der Waals surface area contributed by atoms with Gasteiger partial charge in [-0.15, -0.1) is 0 Å². The minimum Gasteiger partial charge on any atom is -0.368 e. The number of primary amides is 1. The van der Waals surface area contributed by atoms with Crippen LogP contribution in [-0.2, 0) is 9.59 Å². The van der Waals surface area contributed by atoms with E-state index < -0.39 is 11.9 Å². The monoisotopic (exact) mass is 330 g/mol. The predicted octanol–water partition coefficient (Wildman–Crippen LogP) is 2.05. The molecule has 24 heavy (non-hydrogen) atoms. The minimum atomic E-state index is -0.626. The van der Waals surface area contributed by atoms with Crippen molar-refractivity contribution in [1.82, 2.24) is 5.32 Å². The van der Waals surface area contributed by atoms with Crippen molar-refractivity contribution < 1.29 is 9.59 Å². The number of rotatable bonds is 7. The molecule has 0 bridgehead atoms. The lowest BCUT2D eigenvalue weighted by Crippen LogP contribution is -2.40. The number of nitrogens with zero attached hydrogens (tertiary/aromatic N) is 2. The molecule has 3 N–H and O–H groups in total. The van der Waals surface area contributed by atoms with E-state index in [4.69, 9.17) is 5.73 Å². The Bertz CT molecular complexity index is 613. The molecule has 0 saturated heterocycles. The Kier molecular flexibility index (Phi) is 5.95. The van der Waals surface area contributed by atoms with E-state index in [9.17, 15) is 9.59 Å². The third-order valence-corrected chi connectivity index (χ3v) is 4.08. The first kappa shape index (κ1) is 18.0. The molecule has 0 saturated carbocycles. The van der Waals surface area contributed by atoms with Gasteiger partial charge in [0.2, 0.25) is 5.91 Å². The van der Waals surface area contributed by atoms with Crippen molar-refractivity contribution in [2.45, 2.75) is 52.1 Å². The molecule has 6 nitrogen and oxygen atoms in total. The van der Waals surface area contributed by atoms with Gasteiger partial charge in [-0.3, -0.25) is 14.6 Å².